The van der Waals surface area contributed by atoms with Crippen molar-refractivity contribution in [2.24, 2.45) is 0 Å². The molecule has 1 saturated heterocycles. The van der Waals surface area contributed by atoms with E-state index in [0.29, 0.717) is 5.13 Å². The quantitative estimate of drug-likeness (QED) is 0.519. The Bertz CT molecular complexity index is 980. The third-order valence-corrected chi connectivity index (χ3v) is 6.55. The van der Waals surface area contributed by atoms with Gasteiger partial charge in [-0.1, -0.05) is 55.9 Å². The van der Waals surface area contributed by atoms with Crippen LogP contribution in [0.15, 0.2) is 40.9 Å². The first-order valence-corrected chi connectivity index (χ1v) is 11.9. The molecule has 1 fully saturated rings. The number of nitrogens with zero attached hydrogens (tertiary/aromatic N) is 4. The lowest BCUT2D eigenvalue weighted by Crippen LogP contribution is -2.19. The zero-order valence-corrected chi connectivity index (χ0v) is 18.7. The summed E-state index contributed by atoms with van der Waals surface area (Å²) >= 11 is 2.82. The Morgan fingerprint density at radius 3 is 2.90 bits per heavy atom. The normalized spacial score (nSPS) is 16.3. The molecule has 1 aliphatic rings. The molecule has 7 nitrogen and oxygen atoms in total. The molecule has 1 aliphatic heterocycles. The zero-order chi connectivity index (χ0) is 20.9. The number of aromatic nitrogens is 4. The highest BCUT2D eigenvalue weighted by Gasteiger charge is 2.22. The first kappa shape index (κ1) is 21.0. The van der Waals surface area contributed by atoms with Crippen molar-refractivity contribution in [3.05, 3.63) is 41.5 Å². The average molecular weight is 444 g/mol. The summed E-state index contributed by atoms with van der Waals surface area (Å²) in [6, 6.07) is 9.93. The van der Waals surface area contributed by atoms with Crippen molar-refractivity contribution < 1.29 is 9.53 Å². The molecule has 0 aliphatic carbocycles. The topological polar surface area (TPSA) is 81.9 Å². The lowest BCUT2D eigenvalue weighted by atomic mass is 10.2. The van der Waals surface area contributed by atoms with Gasteiger partial charge in [0.1, 0.15) is 5.82 Å². The molecule has 1 atom stereocenters. The smallest absolute Gasteiger partial charge is 0.236 e. The summed E-state index contributed by atoms with van der Waals surface area (Å²) in [6.07, 6.45) is 2.33. The minimum Gasteiger partial charge on any atom is -0.376 e. The van der Waals surface area contributed by atoms with Crippen molar-refractivity contribution in [2.75, 3.05) is 17.7 Å². The Morgan fingerprint density at radius 2 is 2.17 bits per heavy atom. The van der Waals surface area contributed by atoms with E-state index in [9.17, 15) is 4.79 Å². The second-order valence-corrected chi connectivity index (χ2v) is 9.28. The van der Waals surface area contributed by atoms with Gasteiger partial charge in [0, 0.05) is 23.5 Å². The van der Waals surface area contributed by atoms with Gasteiger partial charge >= 0.3 is 0 Å². The Balaban J connectivity index is 1.37. The van der Waals surface area contributed by atoms with Gasteiger partial charge in [-0.2, -0.15) is 0 Å². The van der Waals surface area contributed by atoms with Gasteiger partial charge < -0.3 is 14.6 Å². The van der Waals surface area contributed by atoms with E-state index >= 15 is 0 Å². The van der Waals surface area contributed by atoms with E-state index in [-0.39, 0.29) is 23.7 Å². The van der Waals surface area contributed by atoms with Gasteiger partial charge in [-0.05, 0) is 12.8 Å². The van der Waals surface area contributed by atoms with Crippen LogP contribution in [0, 0.1) is 0 Å². The molecule has 3 heterocycles. The van der Waals surface area contributed by atoms with E-state index < -0.39 is 0 Å². The highest BCUT2D eigenvalue weighted by molar-refractivity contribution is 7.99. The van der Waals surface area contributed by atoms with Crippen molar-refractivity contribution in [1.29, 1.82) is 0 Å². The van der Waals surface area contributed by atoms with Gasteiger partial charge in [0.25, 0.3) is 0 Å². The molecule has 3 aromatic rings. The summed E-state index contributed by atoms with van der Waals surface area (Å²) < 4.78 is 7.89. The van der Waals surface area contributed by atoms with E-state index in [4.69, 9.17) is 4.74 Å². The number of anilines is 1. The number of carbonyl (C=O) groups is 1. The maximum absolute atomic E-state index is 12.5. The predicted molar refractivity (Wildman–Crippen MR) is 120 cm³/mol. The first-order chi connectivity index (χ1) is 14.6. The number of benzene rings is 1. The number of rotatable bonds is 8. The van der Waals surface area contributed by atoms with Crippen LogP contribution in [-0.2, 0) is 16.1 Å². The van der Waals surface area contributed by atoms with Crippen LogP contribution in [0.3, 0.4) is 0 Å². The summed E-state index contributed by atoms with van der Waals surface area (Å²) in [6.45, 7) is 5.75. The Hall–Kier alpha value is -2.23. The van der Waals surface area contributed by atoms with Gasteiger partial charge in [0.15, 0.2) is 10.3 Å². The third kappa shape index (κ3) is 5.08. The molecule has 1 unspecified atom stereocenters. The van der Waals surface area contributed by atoms with Crippen LogP contribution in [0.25, 0.3) is 11.3 Å². The molecule has 4 rings (SSSR count). The number of nitrogens with one attached hydrogen (secondary N) is 1. The monoisotopic (exact) mass is 443 g/mol. The maximum Gasteiger partial charge on any atom is 0.236 e. The Kier molecular flexibility index (Phi) is 6.81. The molecule has 2 aromatic heterocycles. The molecule has 1 aromatic carbocycles. The molecule has 9 heteroatoms. The van der Waals surface area contributed by atoms with Crippen molar-refractivity contribution in [3.63, 3.8) is 0 Å². The van der Waals surface area contributed by atoms with E-state index in [2.05, 4.69) is 38.9 Å². The molecule has 158 valence electrons. The molecule has 0 radical (unpaired) electrons. The summed E-state index contributed by atoms with van der Waals surface area (Å²) in [7, 11) is 0. The maximum atomic E-state index is 12.5. The van der Waals surface area contributed by atoms with E-state index in [1.54, 1.807) is 0 Å². The third-order valence-electron chi connectivity index (χ3n) is 4.82. The summed E-state index contributed by atoms with van der Waals surface area (Å²) in [5.41, 5.74) is 1.90. The van der Waals surface area contributed by atoms with Crippen LogP contribution < -0.4 is 5.32 Å². The number of hydrogen-bond acceptors (Lipinski definition) is 7. The number of thiazole rings is 1. The minimum absolute atomic E-state index is 0.105. The molecule has 30 heavy (non-hydrogen) atoms. The molecule has 0 spiro atoms. The van der Waals surface area contributed by atoms with Crippen LogP contribution in [-0.4, -0.2) is 44.1 Å². The second kappa shape index (κ2) is 9.72. The average Bonchev–Trinajstić information content (AvgIpc) is 3.49. The van der Waals surface area contributed by atoms with E-state index in [0.717, 1.165) is 48.2 Å². The Morgan fingerprint density at radius 1 is 1.33 bits per heavy atom. The van der Waals surface area contributed by atoms with Crippen LogP contribution in [0.2, 0.25) is 0 Å². The number of thioether (sulfide) groups is 1. The molecule has 0 saturated carbocycles. The van der Waals surface area contributed by atoms with Crippen LogP contribution >= 0.6 is 23.1 Å². The summed E-state index contributed by atoms with van der Waals surface area (Å²) in [4.78, 5) is 17.0. The number of amides is 1. The molecule has 0 bridgehead atoms. The van der Waals surface area contributed by atoms with Gasteiger partial charge in [0.05, 0.1) is 24.1 Å². The molecule has 1 N–H and O–H groups in total. The standard InChI is InChI=1S/C21H25N5O2S2/c1-14(2)19-24-25-21(26(19)11-16-9-6-10-28-16)30-13-18(27)23-20-22-17(12-29-20)15-7-4-3-5-8-15/h3-5,7-8,12,14,16H,6,9-11,13H2,1-2H3,(H,22,23,27). The number of hydrogen-bond donors (Lipinski definition) is 1. The largest absolute Gasteiger partial charge is 0.376 e. The van der Waals surface area contributed by atoms with Crippen molar-refractivity contribution in [2.45, 2.75) is 50.4 Å². The number of carbonyl (C=O) groups excluding carboxylic acids is 1. The SMILES string of the molecule is CC(C)c1nnc(SCC(=O)Nc2nc(-c3ccccc3)cs2)n1CC1CCCO1. The molecular weight excluding hydrogens is 418 g/mol. The minimum atomic E-state index is -0.105. The fourth-order valence-electron chi connectivity index (χ4n) is 3.36. The zero-order valence-electron chi connectivity index (χ0n) is 17.1. The predicted octanol–water partition coefficient (Wildman–Crippen LogP) is 4.43. The Labute approximate surface area is 184 Å². The highest BCUT2D eigenvalue weighted by atomic mass is 32.2. The van der Waals surface area contributed by atoms with Gasteiger partial charge in [-0.25, -0.2) is 4.98 Å². The fourth-order valence-corrected chi connectivity index (χ4v) is 4.85. The highest BCUT2D eigenvalue weighted by Crippen LogP contribution is 2.26. The van der Waals surface area contributed by atoms with Crippen molar-refractivity contribution in [1.82, 2.24) is 19.7 Å². The molecule has 1 amide bonds. The van der Waals surface area contributed by atoms with E-state index in [1.807, 2.05) is 35.7 Å². The first-order valence-electron chi connectivity index (χ1n) is 10.1. The van der Waals surface area contributed by atoms with Crippen LogP contribution in [0.5, 0.6) is 0 Å². The fraction of sp³-hybridized carbons (Fsp3) is 0.429. The lowest BCUT2D eigenvalue weighted by Gasteiger charge is -2.15. The molecular formula is C21H25N5O2S2. The van der Waals surface area contributed by atoms with Crippen molar-refractivity contribution >= 4 is 34.1 Å². The second-order valence-electron chi connectivity index (χ2n) is 7.48. The van der Waals surface area contributed by atoms with Gasteiger partial charge in [-0.15, -0.1) is 21.5 Å². The van der Waals surface area contributed by atoms with Gasteiger partial charge in [-0.3, -0.25) is 4.79 Å². The summed E-state index contributed by atoms with van der Waals surface area (Å²) in [5.74, 6) is 1.34. The van der Waals surface area contributed by atoms with Crippen molar-refractivity contribution in [3.8, 4) is 11.3 Å². The van der Waals surface area contributed by atoms with Gasteiger partial charge in [0.2, 0.25) is 5.91 Å². The van der Waals surface area contributed by atoms with Crippen LogP contribution in [0.1, 0.15) is 38.4 Å². The summed E-state index contributed by atoms with van der Waals surface area (Å²) in [5, 5.41) is 14.9. The lowest BCUT2D eigenvalue weighted by molar-refractivity contribution is -0.113. The number of ether oxygens (including phenoxy) is 1. The van der Waals surface area contributed by atoms with Crippen LogP contribution in [0.4, 0.5) is 5.13 Å². The van der Waals surface area contributed by atoms with E-state index in [1.165, 1.54) is 23.1 Å².